The van der Waals surface area contributed by atoms with Crippen molar-refractivity contribution in [3.8, 4) is 22.6 Å². The fourth-order valence-electron chi connectivity index (χ4n) is 5.68. The smallest absolute Gasteiger partial charge is 0.119 e. The highest BCUT2D eigenvalue weighted by molar-refractivity contribution is 5.86. The molecule has 4 aromatic rings. The molecule has 0 aromatic heterocycles. The molecule has 0 aliphatic heterocycles. The van der Waals surface area contributed by atoms with Crippen molar-refractivity contribution < 1.29 is 29.2 Å². The number of rotatable bonds is 16. The van der Waals surface area contributed by atoms with Crippen LogP contribution < -0.4 is 9.47 Å². The van der Waals surface area contributed by atoms with Gasteiger partial charge in [0.15, 0.2) is 0 Å². The molecule has 0 amide bonds. The van der Waals surface area contributed by atoms with Gasteiger partial charge in [-0.1, -0.05) is 84.9 Å². The van der Waals surface area contributed by atoms with E-state index in [9.17, 15) is 10.2 Å². The van der Waals surface area contributed by atoms with Crippen LogP contribution in [0.1, 0.15) is 22.3 Å². The quantitative estimate of drug-likeness (QED) is 0.112. The zero-order chi connectivity index (χ0) is 30.1. The Bertz CT molecular complexity index is 1380. The summed E-state index contributed by atoms with van der Waals surface area (Å²) >= 11 is 0. The summed E-state index contributed by atoms with van der Waals surface area (Å²) in [6.45, 7) is 8.63. The molecular weight excluding hydrogens is 540 g/mol. The predicted molar refractivity (Wildman–Crippen MR) is 169 cm³/mol. The summed E-state index contributed by atoms with van der Waals surface area (Å²) in [7, 11) is 0. The SMILES string of the molecule is C=CCOCC(O)COc1ccc(C2(c3ccc(OCC(O)COCC=C)cc3)c3ccccc3-c3ccccc32)cc1. The maximum absolute atomic E-state index is 10.2. The molecular formula is C37H38O6. The number of aliphatic hydroxyl groups excluding tert-OH is 2. The van der Waals surface area contributed by atoms with Gasteiger partial charge in [0.2, 0.25) is 0 Å². The number of fused-ring (bicyclic) bond motifs is 3. The number of hydrogen-bond donors (Lipinski definition) is 2. The maximum atomic E-state index is 10.2. The van der Waals surface area contributed by atoms with Gasteiger partial charge in [0, 0.05) is 0 Å². The Labute approximate surface area is 253 Å². The second-order valence-corrected chi connectivity index (χ2v) is 10.5. The molecule has 0 fully saturated rings. The first kappa shape index (κ1) is 30.3. The van der Waals surface area contributed by atoms with Gasteiger partial charge in [-0.2, -0.15) is 0 Å². The number of ether oxygens (including phenoxy) is 4. The molecule has 0 saturated carbocycles. The molecule has 2 unspecified atom stereocenters. The molecule has 6 heteroatoms. The number of aliphatic hydroxyl groups is 2. The Balaban J connectivity index is 1.45. The summed E-state index contributed by atoms with van der Waals surface area (Å²) in [5, 5.41) is 20.4. The molecule has 43 heavy (non-hydrogen) atoms. The molecule has 0 radical (unpaired) electrons. The molecule has 1 aliphatic carbocycles. The topological polar surface area (TPSA) is 77.4 Å². The summed E-state index contributed by atoms with van der Waals surface area (Å²) in [5.74, 6) is 1.33. The average Bonchev–Trinajstić information content (AvgIpc) is 3.35. The largest absolute Gasteiger partial charge is 0.491 e. The van der Waals surface area contributed by atoms with E-state index in [2.05, 4.69) is 86.0 Å². The van der Waals surface area contributed by atoms with E-state index in [-0.39, 0.29) is 26.4 Å². The lowest BCUT2D eigenvalue weighted by Gasteiger charge is -2.34. The van der Waals surface area contributed by atoms with Gasteiger partial charge in [-0.25, -0.2) is 0 Å². The van der Waals surface area contributed by atoms with Crippen LogP contribution in [0.3, 0.4) is 0 Å². The van der Waals surface area contributed by atoms with E-state index in [1.165, 1.54) is 22.3 Å². The summed E-state index contributed by atoms with van der Waals surface area (Å²) in [6, 6.07) is 33.3. The molecule has 0 bridgehead atoms. The van der Waals surface area contributed by atoms with E-state index in [1.807, 2.05) is 24.3 Å². The van der Waals surface area contributed by atoms with E-state index < -0.39 is 17.6 Å². The van der Waals surface area contributed by atoms with Crippen LogP contribution in [0.15, 0.2) is 122 Å². The Hall–Kier alpha value is -4.20. The van der Waals surface area contributed by atoms with Crippen molar-refractivity contribution >= 4 is 0 Å². The van der Waals surface area contributed by atoms with Crippen molar-refractivity contribution in [1.82, 2.24) is 0 Å². The minimum atomic E-state index is -0.735. The second kappa shape index (κ2) is 14.3. The maximum Gasteiger partial charge on any atom is 0.119 e. The Morgan fingerprint density at radius 1 is 0.558 bits per heavy atom. The third-order valence-corrected chi connectivity index (χ3v) is 7.50. The zero-order valence-corrected chi connectivity index (χ0v) is 24.2. The van der Waals surface area contributed by atoms with Crippen LogP contribution in [-0.4, -0.2) is 62.1 Å². The van der Waals surface area contributed by atoms with Crippen LogP contribution in [0, 0.1) is 0 Å². The van der Waals surface area contributed by atoms with Gasteiger partial charge in [-0.3, -0.25) is 0 Å². The van der Waals surface area contributed by atoms with E-state index in [4.69, 9.17) is 18.9 Å². The Morgan fingerprint density at radius 3 is 1.35 bits per heavy atom. The van der Waals surface area contributed by atoms with Gasteiger partial charge in [0.05, 0.1) is 31.8 Å². The zero-order valence-electron chi connectivity index (χ0n) is 24.2. The van der Waals surface area contributed by atoms with E-state index in [0.29, 0.717) is 24.7 Å². The summed E-state index contributed by atoms with van der Waals surface area (Å²) in [5.41, 5.74) is 6.41. The molecule has 222 valence electrons. The highest BCUT2D eigenvalue weighted by Crippen LogP contribution is 2.56. The van der Waals surface area contributed by atoms with Crippen LogP contribution in [0.4, 0.5) is 0 Å². The molecule has 0 spiro atoms. The number of benzene rings is 4. The normalized spacial score (nSPS) is 14.3. The van der Waals surface area contributed by atoms with Gasteiger partial charge in [-0.15, -0.1) is 13.2 Å². The minimum Gasteiger partial charge on any atom is -0.491 e. The highest BCUT2D eigenvalue weighted by Gasteiger charge is 2.45. The molecule has 2 N–H and O–H groups in total. The monoisotopic (exact) mass is 578 g/mol. The first-order chi connectivity index (χ1) is 21.1. The van der Waals surface area contributed by atoms with E-state index in [1.54, 1.807) is 12.2 Å². The molecule has 0 heterocycles. The number of hydrogen-bond acceptors (Lipinski definition) is 6. The van der Waals surface area contributed by atoms with E-state index in [0.717, 1.165) is 11.1 Å². The highest BCUT2D eigenvalue weighted by atomic mass is 16.5. The van der Waals surface area contributed by atoms with Crippen LogP contribution in [0.2, 0.25) is 0 Å². The van der Waals surface area contributed by atoms with Crippen molar-refractivity contribution in [3.63, 3.8) is 0 Å². The fraction of sp³-hybridized carbons (Fsp3) is 0.243. The van der Waals surface area contributed by atoms with Crippen molar-refractivity contribution in [3.05, 3.63) is 145 Å². The Kier molecular flexibility index (Phi) is 10.1. The van der Waals surface area contributed by atoms with Gasteiger partial charge in [-0.05, 0) is 57.6 Å². The molecule has 4 aromatic carbocycles. The van der Waals surface area contributed by atoms with Crippen molar-refractivity contribution in [1.29, 1.82) is 0 Å². The van der Waals surface area contributed by atoms with Gasteiger partial charge >= 0.3 is 0 Å². The molecule has 1 aliphatic rings. The van der Waals surface area contributed by atoms with E-state index >= 15 is 0 Å². The minimum absolute atomic E-state index is 0.129. The lowest BCUT2D eigenvalue weighted by atomic mass is 9.68. The summed E-state index contributed by atoms with van der Waals surface area (Å²) in [6.07, 6.45) is 1.82. The van der Waals surface area contributed by atoms with Crippen molar-refractivity contribution in [2.45, 2.75) is 17.6 Å². The second-order valence-electron chi connectivity index (χ2n) is 10.5. The van der Waals surface area contributed by atoms with Crippen molar-refractivity contribution in [2.24, 2.45) is 0 Å². The predicted octanol–water partition coefficient (Wildman–Crippen LogP) is 5.93. The molecule has 6 nitrogen and oxygen atoms in total. The van der Waals surface area contributed by atoms with Crippen molar-refractivity contribution in [2.75, 3.05) is 39.6 Å². The Morgan fingerprint density at radius 2 is 0.953 bits per heavy atom. The lowest BCUT2D eigenvalue weighted by Crippen LogP contribution is -2.28. The van der Waals surface area contributed by atoms with Crippen LogP contribution in [0.5, 0.6) is 11.5 Å². The van der Waals surface area contributed by atoms with Gasteiger partial charge in [0.25, 0.3) is 0 Å². The third kappa shape index (κ3) is 6.58. The van der Waals surface area contributed by atoms with Crippen LogP contribution >= 0.6 is 0 Å². The molecule has 2 atom stereocenters. The average molecular weight is 579 g/mol. The lowest BCUT2D eigenvalue weighted by molar-refractivity contribution is 0.0214. The first-order valence-electron chi connectivity index (χ1n) is 14.5. The summed E-state index contributed by atoms with van der Waals surface area (Å²) < 4.78 is 22.4. The fourth-order valence-corrected chi connectivity index (χ4v) is 5.68. The first-order valence-corrected chi connectivity index (χ1v) is 14.5. The van der Waals surface area contributed by atoms with Crippen LogP contribution in [-0.2, 0) is 14.9 Å². The molecule has 0 saturated heterocycles. The third-order valence-electron chi connectivity index (χ3n) is 7.50. The van der Waals surface area contributed by atoms with Gasteiger partial charge in [0.1, 0.15) is 36.9 Å². The van der Waals surface area contributed by atoms with Crippen LogP contribution in [0.25, 0.3) is 11.1 Å². The summed E-state index contributed by atoms with van der Waals surface area (Å²) in [4.78, 5) is 0. The van der Waals surface area contributed by atoms with Gasteiger partial charge < -0.3 is 29.2 Å². The standard InChI is InChI=1S/C37H38O6/c1-3-21-40-23-29(38)25-42-31-17-13-27(14-18-31)37(35-11-7-5-9-33(35)34-10-6-8-12-36(34)37)28-15-19-32(20-16-28)43-26-30(39)24-41-22-4-2/h3-20,29-30,38-39H,1-2,21-26H2. The molecule has 5 rings (SSSR count).